The minimum Gasteiger partial charge on any atom is -0.332 e. The Morgan fingerprint density at radius 3 is 2.06 bits per heavy atom. The van der Waals surface area contributed by atoms with Gasteiger partial charge in [-0.25, -0.2) is 14.6 Å². The van der Waals surface area contributed by atoms with Gasteiger partial charge in [-0.3, -0.25) is 47.3 Å². The fourth-order valence-electron chi connectivity index (χ4n) is 8.62. The predicted molar refractivity (Wildman–Crippen MR) is 239 cm³/mol. The van der Waals surface area contributed by atoms with Crippen LogP contribution in [-0.4, -0.2) is 61.1 Å². The molecular weight excluding hydrogens is 803 g/mol. The van der Waals surface area contributed by atoms with Crippen molar-refractivity contribution in [2.75, 3.05) is 0 Å². The van der Waals surface area contributed by atoms with Crippen LogP contribution in [0.25, 0.3) is 22.6 Å². The van der Waals surface area contributed by atoms with Gasteiger partial charge in [-0.15, -0.1) is 0 Å². The van der Waals surface area contributed by atoms with Crippen molar-refractivity contribution in [3.8, 4) is 11.6 Å². The number of aromatic nitrogens is 8. The lowest BCUT2D eigenvalue weighted by molar-refractivity contribution is -0.131. The molecule has 336 valence electrons. The Bertz CT molecular complexity index is 2670. The molecule has 1 aliphatic heterocycles. The maximum absolute atomic E-state index is 13.7. The van der Waals surface area contributed by atoms with E-state index in [1.807, 2.05) is 19.1 Å². The molecule has 16 heteroatoms. The molecule has 0 radical (unpaired) electrons. The summed E-state index contributed by atoms with van der Waals surface area (Å²) in [6.07, 6.45) is 17.4. The number of carbonyl (C=O) groups is 2. The Balaban J connectivity index is 0.000000220. The fraction of sp³-hybridized carbons (Fsp3) is 0.574. The molecule has 5 aromatic rings. The van der Waals surface area contributed by atoms with E-state index in [0.29, 0.717) is 72.8 Å². The molecule has 0 atom stereocenters. The van der Waals surface area contributed by atoms with Gasteiger partial charge in [-0.1, -0.05) is 57.7 Å². The standard InChI is InChI=1S/C29H34N6O5.C18H27N3O2/c1-29(13-14-29)12-7-17-33-24-20(18-23(36)35(27(24)38)19-8-6-9-19)26(37)34(28(33)39)16-5-3-11-22-31-25(40-32-22)21-10-2-4-15-30-21;1-4-6-8-12-20-16-14(3)10-11-19-15(16)17(22)21(18(20)23)13-9-7-5-2/h2,4,10,15,19H,3,5-9,11-14,16-18H2,1H3;10-11H,4-9,12-13H2,1-3H3. The number of hydrogen-bond acceptors (Lipinski definition) is 11. The number of nitrogens with zero attached hydrogens (tertiary/aromatic N) is 9. The van der Waals surface area contributed by atoms with E-state index in [0.717, 1.165) is 76.2 Å². The third kappa shape index (κ3) is 10.0. The summed E-state index contributed by atoms with van der Waals surface area (Å²) in [5.74, 6) is 0.0320. The van der Waals surface area contributed by atoms with Gasteiger partial charge in [-0.2, -0.15) is 4.98 Å². The van der Waals surface area contributed by atoms with Crippen molar-refractivity contribution in [3.63, 3.8) is 0 Å². The number of unbranched alkanes of at least 4 members (excludes halogenated alkanes) is 5. The molecule has 0 saturated heterocycles. The lowest BCUT2D eigenvalue weighted by atomic mass is 9.89. The average molecular weight is 864 g/mol. The van der Waals surface area contributed by atoms with Crippen LogP contribution >= 0.6 is 0 Å². The molecule has 2 aliphatic carbocycles. The maximum Gasteiger partial charge on any atom is 0.331 e. The van der Waals surface area contributed by atoms with Crippen molar-refractivity contribution >= 4 is 22.8 Å². The lowest BCUT2D eigenvalue weighted by Gasteiger charge is -2.39. The number of rotatable bonds is 19. The van der Waals surface area contributed by atoms with Crippen molar-refractivity contribution in [2.45, 2.75) is 169 Å². The van der Waals surface area contributed by atoms with Crippen LogP contribution in [0, 0.1) is 12.3 Å². The van der Waals surface area contributed by atoms with Crippen LogP contribution < -0.4 is 22.5 Å². The molecule has 2 fully saturated rings. The molecule has 0 aromatic carbocycles. The Morgan fingerprint density at radius 1 is 0.746 bits per heavy atom. The fourth-order valence-corrected chi connectivity index (χ4v) is 8.62. The van der Waals surface area contributed by atoms with E-state index in [1.165, 1.54) is 31.4 Å². The molecule has 0 spiro atoms. The zero-order chi connectivity index (χ0) is 44.7. The van der Waals surface area contributed by atoms with Gasteiger partial charge in [0.15, 0.2) is 11.3 Å². The summed E-state index contributed by atoms with van der Waals surface area (Å²) >= 11 is 0. The second-order valence-electron chi connectivity index (χ2n) is 17.8. The molecular formula is C47H61N9O7. The van der Waals surface area contributed by atoms with Gasteiger partial charge < -0.3 is 4.52 Å². The Labute approximate surface area is 366 Å². The zero-order valence-corrected chi connectivity index (χ0v) is 37.3. The van der Waals surface area contributed by atoms with E-state index in [1.54, 1.807) is 29.1 Å². The first kappa shape index (κ1) is 45.2. The SMILES string of the molecule is CC1(CCCn2c3c(c(=O)n(CCCCc4noc(-c5ccccn5)n4)c2=O)CC(=O)N(C2CCC2)C3=O)CC1.CCCCCn1c(=O)c2nccc(C)c2n(CCCCC)c1=O. The minimum atomic E-state index is -0.530. The number of carbonyl (C=O) groups excluding carboxylic acids is 2. The Morgan fingerprint density at radius 2 is 1.41 bits per heavy atom. The first-order chi connectivity index (χ1) is 30.5. The van der Waals surface area contributed by atoms with Crippen LogP contribution in [0.2, 0.25) is 0 Å². The molecule has 16 nitrogen and oxygen atoms in total. The van der Waals surface area contributed by atoms with Gasteiger partial charge in [0.25, 0.3) is 22.9 Å². The first-order valence-electron chi connectivity index (χ1n) is 23.0. The highest BCUT2D eigenvalue weighted by Crippen LogP contribution is 2.49. The van der Waals surface area contributed by atoms with Gasteiger partial charge in [0, 0.05) is 51.0 Å². The van der Waals surface area contributed by atoms with Crippen molar-refractivity contribution in [1.29, 1.82) is 0 Å². The number of amides is 2. The summed E-state index contributed by atoms with van der Waals surface area (Å²) in [7, 11) is 0. The highest BCUT2D eigenvalue weighted by atomic mass is 16.5. The molecule has 63 heavy (non-hydrogen) atoms. The van der Waals surface area contributed by atoms with Gasteiger partial charge in [0.05, 0.1) is 17.5 Å². The molecule has 2 saturated carbocycles. The first-order valence-corrected chi connectivity index (χ1v) is 23.0. The summed E-state index contributed by atoms with van der Waals surface area (Å²) in [6.45, 7) is 10.1. The number of fused-ring (bicyclic) bond motifs is 2. The van der Waals surface area contributed by atoms with Gasteiger partial charge >= 0.3 is 11.4 Å². The molecule has 8 rings (SSSR count). The molecule has 0 unspecified atom stereocenters. The highest BCUT2D eigenvalue weighted by Gasteiger charge is 2.42. The van der Waals surface area contributed by atoms with E-state index in [2.05, 4.69) is 40.9 Å². The summed E-state index contributed by atoms with van der Waals surface area (Å²) in [5.41, 5.74) is 1.77. The van der Waals surface area contributed by atoms with E-state index in [4.69, 9.17) is 4.52 Å². The molecule has 0 bridgehead atoms. The van der Waals surface area contributed by atoms with Crippen LogP contribution in [0.3, 0.4) is 0 Å². The maximum atomic E-state index is 13.7. The average Bonchev–Trinajstić information content (AvgIpc) is 3.80. The molecule has 3 aliphatic rings. The van der Waals surface area contributed by atoms with Crippen LogP contribution in [-0.2, 0) is 43.8 Å². The van der Waals surface area contributed by atoms with E-state index in [9.17, 15) is 28.8 Å². The summed E-state index contributed by atoms with van der Waals surface area (Å²) < 4.78 is 11.1. The van der Waals surface area contributed by atoms with E-state index < -0.39 is 17.2 Å². The predicted octanol–water partition coefficient (Wildman–Crippen LogP) is 6.38. The largest absolute Gasteiger partial charge is 0.332 e. The Hall–Kier alpha value is -5.80. The topological polar surface area (TPSA) is 190 Å². The summed E-state index contributed by atoms with van der Waals surface area (Å²) in [6, 6.07) is 7.16. The Kier molecular flexibility index (Phi) is 14.5. The van der Waals surface area contributed by atoms with Crippen molar-refractivity contribution in [1.82, 2.24) is 43.3 Å². The molecule has 0 N–H and O–H groups in total. The third-order valence-electron chi connectivity index (χ3n) is 12.9. The zero-order valence-electron chi connectivity index (χ0n) is 37.3. The quantitative estimate of drug-likeness (QED) is 0.0661. The summed E-state index contributed by atoms with van der Waals surface area (Å²) in [4.78, 5) is 93.4. The van der Waals surface area contributed by atoms with Crippen molar-refractivity contribution < 1.29 is 14.1 Å². The van der Waals surface area contributed by atoms with Crippen LogP contribution in [0.4, 0.5) is 0 Å². The monoisotopic (exact) mass is 863 g/mol. The van der Waals surface area contributed by atoms with Crippen molar-refractivity contribution in [2.24, 2.45) is 5.41 Å². The second-order valence-corrected chi connectivity index (χ2v) is 17.8. The van der Waals surface area contributed by atoms with Crippen molar-refractivity contribution in [3.05, 3.63) is 101 Å². The smallest absolute Gasteiger partial charge is 0.331 e. The lowest BCUT2D eigenvalue weighted by Crippen LogP contribution is -2.56. The van der Waals surface area contributed by atoms with Gasteiger partial charge in [-0.05, 0) is 107 Å². The van der Waals surface area contributed by atoms with Crippen LogP contribution in [0.5, 0.6) is 0 Å². The van der Waals surface area contributed by atoms with Gasteiger partial charge in [0.2, 0.25) is 5.91 Å². The van der Waals surface area contributed by atoms with Crippen LogP contribution in [0.15, 0.2) is 60.4 Å². The van der Waals surface area contributed by atoms with Crippen LogP contribution in [0.1, 0.15) is 145 Å². The van der Waals surface area contributed by atoms with Gasteiger partial charge in [0.1, 0.15) is 11.4 Å². The number of pyridine rings is 2. The van der Waals surface area contributed by atoms with E-state index >= 15 is 0 Å². The molecule has 5 aromatic heterocycles. The summed E-state index contributed by atoms with van der Waals surface area (Å²) in [5, 5.41) is 4.01. The molecule has 6 heterocycles. The minimum absolute atomic E-state index is 0.118. The number of aryl methyl sites for hydroxylation is 3. The number of hydrogen-bond donors (Lipinski definition) is 0. The number of imide groups is 1. The van der Waals surface area contributed by atoms with E-state index in [-0.39, 0.29) is 47.4 Å². The molecule has 2 amide bonds. The normalized spacial score (nSPS) is 15.6. The highest BCUT2D eigenvalue weighted by molar-refractivity contribution is 6.09. The second kappa shape index (κ2) is 20.1. The third-order valence-corrected chi connectivity index (χ3v) is 12.9.